The van der Waals surface area contributed by atoms with Crippen molar-refractivity contribution in [1.29, 1.82) is 0 Å². The molecule has 4 aromatic rings. The zero-order chi connectivity index (χ0) is 26.3. The second-order valence-corrected chi connectivity index (χ2v) is 11.3. The third-order valence-electron chi connectivity index (χ3n) is 6.62. The lowest BCUT2D eigenvalue weighted by Gasteiger charge is -2.35. The Bertz CT molecular complexity index is 1670. The highest BCUT2D eigenvalue weighted by Crippen LogP contribution is 2.25. The van der Waals surface area contributed by atoms with Gasteiger partial charge in [-0.25, -0.2) is 18.2 Å². The average molecular weight is 543 g/mol. The first-order chi connectivity index (χ1) is 17.7. The molecular formula is C25H27ClN6O4S. The van der Waals surface area contributed by atoms with Gasteiger partial charge in [0.2, 0.25) is 10.0 Å². The number of aryl methyl sites for hydroxylation is 1. The minimum atomic E-state index is -3.67. The van der Waals surface area contributed by atoms with E-state index >= 15 is 0 Å². The molecule has 0 unspecified atom stereocenters. The van der Waals surface area contributed by atoms with Gasteiger partial charge in [0.15, 0.2) is 5.65 Å². The number of hydrogen-bond donors (Lipinski definition) is 1. The first-order valence-corrected chi connectivity index (χ1v) is 13.8. The minimum absolute atomic E-state index is 0.185. The zero-order valence-electron chi connectivity index (χ0n) is 20.5. The molecule has 1 aliphatic heterocycles. The third-order valence-corrected chi connectivity index (χ3v) is 8.79. The van der Waals surface area contributed by atoms with Gasteiger partial charge in [-0.05, 0) is 55.0 Å². The first-order valence-electron chi connectivity index (χ1n) is 12.0. The lowest BCUT2D eigenvalue weighted by molar-refractivity contribution is 0.385. The van der Waals surface area contributed by atoms with E-state index < -0.39 is 21.3 Å². The summed E-state index contributed by atoms with van der Waals surface area (Å²) in [5.74, 6) is 0.386. The highest BCUT2D eigenvalue weighted by atomic mass is 35.5. The molecule has 194 valence electrons. The SMILES string of the molecule is CCCn1c(=O)c2[nH]c(-c3ccc(S(=O)(=O)N4CCN(c5ccc(Cl)cc5)CC4)cc3)nc2n(C)c1=O. The van der Waals surface area contributed by atoms with Crippen LogP contribution in [0, 0.1) is 0 Å². The van der Waals surface area contributed by atoms with Crippen LogP contribution >= 0.6 is 11.6 Å². The summed E-state index contributed by atoms with van der Waals surface area (Å²) in [5.41, 5.74) is 1.27. The maximum atomic E-state index is 13.3. The standard InChI is InChI=1S/C25H27ClN6O4S/c1-3-12-32-24(33)21-23(29(2)25(32)34)28-22(27-21)17-4-10-20(11-5-17)37(35,36)31-15-13-30(14-16-31)19-8-6-18(26)7-9-19/h4-11H,3,12-16H2,1-2H3,(H,27,28). The van der Waals surface area contributed by atoms with E-state index in [4.69, 9.17) is 11.6 Å². The number of fused-ring (bicyclic) bond motifs is 1. The Balaban J connectivity index is 1.37. The van der Waals surface area contributed by atoms with Crippen LogP contribution in [0.3, 0.4) is 0 Å². The number of H-pyrrole nitrogens is 1. The normalized spacial score (nSPS) is 14.9. The average Bonchev–Trinajstić information content (AvgIpc) is 3.37. The van der Waals surface area contributed by atoms with Gasteiger partial charge in [0.1, 0.15) is 11.3 Å². The number of anilines is 1. The van der Waals surface area contributed by atoms with Gasteiger partial charge in [0, 0.05) is 56.0 Å². The highest BCUT2D eigenvalue weighted by Gasteiger charge is 2.28. The Kier molecular flexibility index (Phi) is 6.69. The van der Waals surface area contributed by atoms with E-state index in [0.29, 0.717) is 55.6 Å². The Labute approximate surface area is 218 Å². The molecule has 0 aliphatic carbocycles. The van der Waals surface area contributed by atoms with E-state index in [2.05, 4.69) is 14.9 Å². The van der Waals surface area contributed by atoms with Crippen molar-refractivity contribution in [3.05, 3.63) is 74.4 Å². The number of aromatic amines is 1. The van der Waals surface area contributed by atoms with Crippen LogP contribution < -0.4 is 16.1 Å². The molecule has 1 aliphatic rings. The maximum Gasteiger partial charge on any atom is 0.332 e. The number of halogens is 1. The Morgan fingerprint density at radius 2 is 1.62 bits per heavy atom. The van der Waals surface area contributed by atoms with Crippen molar-refractivity contribution >= 4 is 38.5 Å². The van der Waals surface area contributed by atoms with Crippen LogP contribution in [0.5, 0.6) is 0 Å². The van der Waals surface area contributed by atoms with Gasteiger partial charge < -0.3 is 9.88 Å². The smallest absolute Gasteiger partial charge is 0.332 e. The van der Waals surface area contributed by atoms with Crippen molar-refractivity contribution in [1.82, 2.24) is 23.4 Å². The van der Waals surface area contributed by atoms with Crippen molar-refractivity contribution in [2.24, 2.45) is 7.05 Å². The summed E-state index contributed by atoms with van der Waals surface area (Å²) in [6.45, 7) is 4.10. The number of aromatic nitrogens is 4. The van der Waals surface area contributed by atoms with E-state index in [1.807, 2.05) is 31.2 Å². The number of rotatable bonds is 6. The molecule has 5 rings (SSSR count). The quantitative estimate of drug-likeness (QED) is 0.401. The fourth-order valence-corrected chi connectivity index (χ4v) is 6.13. The Hall–Kier alpha value is -3.41. The lowest BCUT2D eigenvalue weighted by atomic mass is 10.2. The first kappa shape index (κ1) is 25.2. The van der Waals surface area contributed by atoms with Crippen molar-refractivity contribution in [2.75, 3.05) is 31.1 Å². The molecule has 1 fully saturated rings. The van der Waals surface area contributed by atoms with Crippen LogP contribution in [-0.2, 0) is 23.6 Å². The van der Waals surface area contributed by atoms with Crippen LogP contribution in [0.2, 0.25) is 5.02 Å². The molecule has 0 atom stereocenters. The van der Waals surface area contributed by atoms with E-state index in [0.717, 1.165) is 5.69 Å². The summed E-state index contributed by atoms with van der Waals surface area (Å²) in [7, 11) is -2.10. The van der Waals surface area contributed by atoms with E-state index in [1.54, 1.807) is 19.2 Å². The van der Waals surface area contributed by atoms with Crippen LogP contribution in [0.15, 0.2) is 63.0 Å². The number of piperazine rings is 1. The molecule has 1 N–H and O–H groups in total. The van der Waals surface area contributed by atoms with Crippen molar-refractivity contribution in [2.45, 2.75) is 24.8 Å². The minimum Gasteiger partial charge on any atom is -0.369 e. The second kappa shape index (κ2) is 9.81. The molecule has 0 amide bonds. The molecular weight excluding hydrogens is 516 g/mol. The van der Waals surface area contributed by atoms with Crippen LogP contribution in [0.4, 0.5) is 5.69 Å². The van der Waals surface area contributed by atoms with E-state index in [9.17, 15) is 18.0 Å². The monoisotopic (exact) mass is 542 g/mol. The Morgan fingerprint density at radius 3 is 2.24 bits per heavy atom. The topological polar surface area (TPSA) is 113 Å². The number of imidazole rings is 1. The number of benzene rings is 2. The fourth-order valence-electron chi connectivity index (χ4n) is 4.58. The molecule has 0 saturated carbocycles. The molecule has 3 heterocycles. The van der Waals surface area contributed by atoms with Gasteiger partial charge >= 0.3 is 5.69 Å². The molecule has 2 aromatic carbocycles. The van der Waals surface area contributed by atoms with Crippen molar-refractivity contribution in [3.63, 3.8) is 0 Å². The van der Waals surface area contributed by atoms with Crippen LogP contribution in [0.25, 0.3) is 22.6 Å². The van der Waals surface area contributed by atoms with E-state index in [-0.39, 0.29) is 16.1 Å². The number of nitrogens with one attached hydrogen (secondary N) is 1. The van der Waals surface area contributed by atoms with Crippen LogP contribution in [-0.4, -0.2) is 58.0 Å². The number of nitrogens with zero attached hydrogens (tertiary/aromatic N) is 5. The number of sulfonamides is 1. The lowest BCUT2D eigenvalue weighted by Crippen LogP contribution is -2.48. The molecule has 1 saturated heterocycles. The molecule has 0 spiro atoms. The molecule has 0 radical (unpaired) electrons. The predicted molar refractivity (Wildman–Crippen MR) is 144 cm³/mol. The largest absolute Gasteiger partial charge is 0.369 e. The second-order valence-electron chi connectivity index (χ2n) is 8.97. The molecule has 0 bridgehead atoms. The van der Waals surface area contributed by atoms with Crippen molar-refractivity contribution < 1.29 is 8.42 Å². The van der Waals surface area contributed by atoms with E-state index in [1.165, 1.54) is 25.6 Å². The summed E-state index contributed by atoms with van der Waals surface area (Å²) < 4.78 is 30.6. The fraction of sp³-hybridized carbons (Fsp3) is 0.320. The van der Waals surface area contributed by atoms with Crippen molar-refractivity contribution in [3.8, 4) is 11.4 Å². The number of hydrogen-bond acceptors (Lipinski definition) is 6. The van der Waals surface area contributed by atoms with Gasteiger partial charge in [-0.1, -0.05) is 18.5 Å². The predicted octanol–water partition coefficient (Wildman–Crippen LogP) is 2.66. The molecule has 37 heavy (non-hydrogen) atoms. The zero-order valence-corrected chi connectivity index (χ0v) is 22.1. The third kappa shape index (κ3) is 4.58. The summed E-state index contributed by atoms with van der Waals surface area (Å²) >= 11 is 5.97. The summed E-state index contributed by atoms with van der Waals surface area (Å²) in [4.78, 5) is 35.1. The van der Waals surface area contributed by atoms with Gasteiger partial charge in [-0.2, -0.15) is 4.31 Å². The molecule has 12 heteroatoms. The summed E-state index contributed by atoms with van der Waals surface area (Å²) in [6.07, 6.45) is 0.647. The van der Waals surface area contributed by atoms with Gasteiger partial charge in [0.05, 0.1) is 4.90 Å². The maximum absolute atomic E-state index is 13.3. The van der Waals surface area contributed by atoms with Gasteiger partial charge in [0.25, 0.3) is 5.56 Å². The summed E-state index contributed by atoms with van der Waals surface area (Å²) in [6, 6.07) is 13.9. The van der Waals surface area contributed by atoms with Gasteiger partial charge in [-0.3, -0.25) is 13.9 Å². The molecule has 2 aromatic heterocycles. The summed E-state index contributed by atoms with van der Waals surface area (Å²) in [5, 5.41) is 0.661. The molecule has 10 nitrogen and oxygen atoms in total. The van der Waals surface area contributed by atoms with Gasteiger partial charge in [-0.15, -0.1) is 0 Å². The highest BCUT2D eigenvalue weighted by molar-refractivity contribution is 7.89. The van der Waals surface area contributed by atoms with Crippen LogP contribution in [0.1, 0.15) is 13.3 Å². The Morgan fingerprint density at radius 1 is 0.973 bits per heavy atom.